The number of aromatic nitrogens is 4. The number of nitrogens with zero attached hydrogens (tertiary/aromatic N) is 3. The standard InChI is InChI=1S/C10H10N6O2S2/c11-20(17,18)10-16-15-9(19-10)12-5-8-13-6-3-1-2-4-7(6)14-8/h1-4H,5H2,(H,12,15)(H,13,14)(H2,11,17,18). The van der Waals surface area contributed by atoms with E-state index in [1.807, 2.05) is 24.3 Å². The number of nitrogens with two attached hydrogens (primary N) is 1. The number of rotatable bonds is 4. The highest BCUT2D eigenvalue weighted by Gasteiger charge is 2.15. The predicted octanol–water partition coefficient (Wildman–Crippen LogP) is 0.674. The van der Waals surface area contributed by atoms with Crippen molar-refractivity contribution in [2.45, 2.75) is 10.9 Å². The van der Waals surface area contributed by atoms with Crippen molar-refractivity contribution in [2.24, 2.45) is 5.14 Å². The molecule has 0 atom stereocenters. The second-order valence-electron chi connectivity index (χ2n) is 3.97. The van der Waals surface area contributed by atoms with Crippen molar-refractivity contribution >= 4 is 37.5 Å². The zero-order valence-corrected chi connectivity index (χ0v) is 11.7. The molecule has 8 nitrogen and oxygen atoms in total. The van der Waals surface area contributed by atoms with E-state index in [1.165, 1.54) is 0 Å². The normalized spacial score (nSPS) is 11.8. The van der Waals surface area contributed by atoms with Gasteiger partial charge in [-0.2, -0.15) is 0 Å². The first-order chi connectivity index (χ1) is 9.52. The van der Waals surface area contributed by atoms with Gasteiger partial charge in [-0.3, -0.25) is 0 Å². The molecule has 104 valence electrons. The van der Waals surface area contributed by atoms with Gasteiger partial charge in [-0.1, -0.05) is 23.5 Å². The maximum Gasteiger partial charge on any atom is 0.267 e. The number of aromatic amines is 1. The molecule has 0 aliphatic heterocycles. The smallest absolute Gasteiger partial charge is 0.267 e. The molecular weight excluding hydrogens is 300 g/mol. The maximum atomic E-state index is 11.1. The fourth-order valence-electron chi connectivity index (χ4n) is 1.64. The molecule has 20 heavy (non-hydrogen) atoms. The SMILES string of the molecule is NS(=O)(=O)c1nnc(NCc2nc3ccccc3[nH]2)s1. The summed E-state index contributed by atoms with van der Waals surface area (Å²) in [7, 11) is -3.80. The minimum Gasteiger partial charge on any atom is -0.353 e. The molecule has 1 aromatic carbocycles. The maximum absolute atomic E-state index is 11.1. The first kappa shape index (κ1) is 13.0. The number of nitrogens with one attached hydrogen (secondary N) is 2. The van der Waals surface area contributed by atoms with Crippen molar-refractivity contribution in [1.29, 1.82) is 0 Å². The summed E-state index contributed by atoms with van der Waals surface area (Å²) in [6.45, 7) is 0.383. The summed E-state index contributed by atoms with van der Waals surface area (Å²) in [5.74, 6) is 0.721. The van der Waals surface area contributed by atoms with Crippen LogP contribution in [0.1, 0.15) is 5.82 Å². The van der Waals surface area contributed by atoms with E-state index >= 15 is 0 Å². The molecule has 0 fully saturated rings. The quantitative estimate of drug-likeness (QED) is 0.650. The summed E-state index contributed by atoms with van der Waals surface area (Å²) in [5, 5.41) is 15.5. The highest BCUT2D eigenvalue weighted by Crippen LogP contribution is 2.19. The Morgan fingerprint density at radius 3 is 2.80 bits per heavy atom. The monoisotopic (exact) mass is 310 g/mol. The number of primary sulfonamides is 1. The van der Waals surface area contributed by atoms with Crippen LogP contribution in [0.3, 0.4) is 0 Å². The van der Waals surface area contributed by atoms with Gasteiger partial charge in [-0.05, 0) is 12.1 Å². The summed E-state index contributed by atoms with van der Waals surface area (Å²) in [4.78, 5) is 7.52. The Labute approximate surface area is 118 Å². The van der Waals surface area contributed by atoms with E-state index in [0.717, 1.165) is 28.2 Å². The first-order valence-electron chi connectivity index (χ1n) is 5.56. The van der Waals surface area contributed by atoms with Gasteiger partial charge >= 0.3 is 0 Å². The molecular formula is C10H10N6O2S2. The van der Waals surface area contributed by atoms with Crippen LogP contribution in [0, 0.1) is 0 Å². The molecule has 0 unspecified atom stereocenters. The summed E-state index contributed by atoms with van der Waals surface area (Å²) in [6.07, 6.45) is 0. The molecule has 0 radical (unpaired) electrons. The van der Waals surface area contributed by atoms with Gasteiger partial charge in [0.1, 0.15) is 5.82 Å². The van der Waals surface area contributed by atoms with Crippen LogP contribution in [-0.4, -0.2) is 28.6 Å². The molecule has 0 aliphatic rings. The van der Waals surface area contributed by atoms with Crippen LogP contribution in [0.25, 0.3) is 11.0 Å². The zero-order chi connectivity index (χ0) is 14.2. The summed E-state index contributed by atoms with van der Waals surface area (Å²) >= 11 is 0.878. The molecule has 0 aliphatic carbocycles. The van der Waals surface area contributed by atoms with E-state index in [1.54, 1.807) is 0 Å². The van der Waals surface area contributed by atoms with Crippen molar-refractivity contribution in [3.8, 4) is 0 Å². The Balaban J connectivity index is 1.74. The minimum atomic E-state index is -3.80. The van der Waals surface area contributed by atoms with Gasteiger partial charge in [-0.25, -0.2) is 18.5 Å². The van der Waals surface area contributed by atoms with Gasteiger partial charge in [0.2, 0.25) is 9.47 Å². The lowest BCUT2D eigenvalue weighted by atomic mass is 10.3. The average Bonchev–Trinajstić information content (AvgIpc) is 3.02. The number of hydrogen-bond acceptors (Lipinski definition) is 7. The van der Waals surface area contributed by atoms with Gasteiger partial charge in [0.15, 0.2) is 0 Å². The largest absolute Gasteiger partial charge is 0.353 e. The molecule has 0 bridgehead atoms. The predicted molar refractivity (Wildman–Crippen MR) is 74.7 cm³/mol. The second-order valence-corrected chi connectivity index (χ2v) is 6.68. The second kappa shape index (κ2) is 4.81. The molecule has 3 aromatic rings. The molecule has 4 N–H and O–H groups in total. The zero-order valence-electron chi connectivity index (χ0n) is 10.1. The van der Waals surface area contributed by atoms with E-state index in [9.17, 15) is 8.42 Å². The number of imidazole rings is 1. The van der Waals surface area contributed by atoms with Gasteiger partial charge in [0.25, 0.3) is 10.0 Å². The van der Waals surface area contributed by atoms with Crippen LogP contribution in [0.5, 0.6) is 0 Å². The molecule has 2 heterocycles. The Morgan fingerprint density at radius 1 is 1.30 bits per heavy atom. The molecule has 0 spiro atoms. The van der Waals surface area contributed by atoms with Crippen molar-refractivity contribution in [3.05, 3.63) is 30.1 Å². The lowest BCUT2D eigenvalue weighted by Gasteiger charge is -1.96. The Bertz CT molecular complexity index is 820. The van der Waals surface area contributed by atoms with E-state index in [-0.39, 0.29) is 4.34 Å². The number of benzene rings is 1. The number of fused-ring (bicyclic) bond motifs is 1. The highest BCUT2D eigenvalue weighted by molar-refractivity contribution is 7.91. The number of anilines is 1. The lowest BCUT2D eigenvalue weighted by molar-refractivity contribution is 0.596. The van der Waals surface area contributed by atoms with Crippen molar-refractivity contribution in [3.63, 3.8) is 0 Å². The summed E-state index contributed by atoms with van der Waals surface area (Å²) in [6, 6.07) is 7.65. The van der Waals surface area contributed by atoms with Crippen molar-refractivity contribution in [2.75, 3.05) is 5.32 Å². The van der Waals surface area contributed by atoms with Gasteiger partial charge in [-0.15, -0.1) is 10.2 Å². The van der Waals surface area contributed by atoms with Crippen LogP contribution < -0.4 is 10.5 Å². The third kappa shape index (κ3) is 2.61. The Kier molecular flexibility index (Phi) is 3.12. The van der Waals surface area contributed by atoms with Crippen LogP contribution in [-0.2, 0) is 16.6 Å². The average molecular weight is 310 g/mol. The minimum absolute atomic E-state index is 0.218. The Hall–Kier alpha value is -2.04. The van der Waals surface area contributed by atoms with Crippen LogP contribution in [0.2, 0.25) is 0 Å². The molecule has 2 aromatic heterocycles. The summed E-state index contributed by atoms with van der Waals surface area (Å²) in [5.41, 5.74) is 1.80. The van der Waals surface area contributed by atoms with E-state index in [4.69, 9.17) is 5.14 Å². The van der Waals surface area contributed by atoms with Gasteiger partial charge < -0.3 is 10.3 Å². The van der Waals surface area contributed by atoms with E-state index in [2.05, 4.69) is 25.5 Å². The third-order valence-electron chi connectivity index (χ3n) is 2.50. The first-order valence-corrected chi connectivity index (χ1v) is 7.92. The molecule has 3 rings (SSSR count). The van der Waals surface area contributed by atoms with E-state index < -0.39 is 10.0 Å². The van der Waals surface area contributed by atoms with Gasteiger partial charge in [0.05, 0.1) is 17.6 Å². The lowest BCUT2D eigenvalue weighted by Crippen LogP contribution is -2.11. The fourth-order valence-corrected chi connectivity index (χ4v) is 2.97. The summed E-state index contributed by atoms with van der Waals surface area (Å²) < 4.78 is 21.9. The van der Waals surface area contributed by atoms with Gasteiger partial charge in [0, 0.05) is 0 Å². The number of hydrogen-bond donors (Lipinski definition) is 3. The third-order valence-corrected chi connectivity index (χ3v) is 4.69. The van der Waals surface area contributed by atoms with Crippen molar-refractivity contribution in [1.82, 2.24) is 20.2 Å². The topological polar surface area (TPSA) is 127 Å². The van der Waals surface area contributed by atoms with Crippen molar-refractivity contribution < 1.29 is 8.42 Å². The fraction of sp³-hybridized carbons (Fsp3) is 0.100. The van der Waals surface area contributed by atoms with Crippen LogP contribution in [0.4, 0.5) is 5.13 Å². The number of para-hydroxylation sites is 2. The molecule has 0 saturated carbocycles. The molecule has 10 heteroatoms. The Morgan fingerprint density at radius 2 is 2.10 bits per heavy atom. The molecule has 0 amide bonds. The number of sulfonamides is 1. The van der Waals surface area contributed by atoms with E-state index in [0.29, 0.717) is 11.7 Å². The molecule has 0 saturated heterocycles. The number of H-pyrrole nitrogens is 1. The highest BCUT2D eigenvalue weighted by atomic mass is 32.2. The van der Waals surface area contributed by atoms with Crippen LogP contribution in [0.15, 0.2) is 28.6 Å². The van der Waals surface area contributed by atoms with Crippen LogP contribution >= 0.6 is 11.3 Å².